The Balaban J connectivity index is 3.55. The van der Waals surface area contributed by atoms with Crippen LogP contribution in [0.3, 0.4) is 0 Å². The van der Waals surface area contributed by atoms with Gasteiger partial charge in [-0.3, -0.25) is 0 Å². The summed E-state index contributed by atoms with van der Waals surface area (Å²) in [4.78, 5) is 0. The molecule has 0 aromatic heterocycles. The van der Waals surface area contributed by atoms with Gasteiger partial charge in [-0.05, 0) is 18.2 Å². The van der Waals surface area contributed by atoms with E-state index < -0.39 is 23.5 Å². The van der Waals surface area contributed by atoms with Crippen LogP contribution in [0.5, 0.6) is 0 Å². The Hall–Kier alpha value is -0.280. The lowest BCUT2D eigenvalue weighted by Crippen LogP contribution is -2.53. The van der Waals surface area contributed by atoms with Crippen LogP contribution in [0.1, 0.15) is 5.56 Å². The molecule has 0 saturated heterocycles. The molecule has 1 nitrogen and oxygen atoms in total. The molecule has 0 aliphatic heterocycles. The summed E-state index contributed by atoms with van der Waals surface area (Å²) in [7, 11) is 0. The molecule has 1 aromatic rings. The molecular weight excluding hydrogens is 398 g/mol. The van der Waals surface area contributed by atoms with Crippen LogP contribution in [0.25, 0.3) is 0 Å². The van der Waals surface area contributed by atoms with E-state index in [-0.39, 0.29) is 8.95 Å². The average Bonchev–Trinajstić information content (AvgIpc) is 2.11. The number of alkyl halides is 6. The second kappa shape index (κ2) is 4.68. The van der Waals surface area contributed by atoms with Gasteiger partial charge >= 0.3 is 12.4 Å². The minimum atomic E-state index is -5.88. The highest BCUT2D eigenvalue weighted by molar-refractivity contribution is 9.11. The van der Waals surface area contributed by atoms with Crippen LogP contribution >= 0.6 is 31.9 Å². The molecular formula is C9H4Br2F6O. The van der Waals surface area contributed by atoms with E-state index in [9.17, 15) is 26.3 Å². The molecule has 0 amide bonds. The van der Waals surface area contributed by atoms with Gasteiger partial charge in [0, 0.05) is 14.5 Å². The lowest BCUT2D eigenvalue weighted by Gasteiger charge is -2.32. The van der Waals surface area contributed by atoms with Crippen molar-refractivity contribution >= 4 is 31.9 Å². The summed E-state index contributed by atoms with van der Waals surface area (Å²) in [6.07, 6.45) is -11.8. The topological polar surface area (TPSA) is 20.2 Å². The van der Waals surface area contributed by atoms with E-state index in [1.807, 2.05) is 0 Å². The molecule has 0 bridgehead atoms. The number of rotatable bonds is 1. The molecule has 0 spiro atoms. The van der Waals surface area contributed by atoms with Crippen molar-refractivity contribution in [1.82, 2.24) is 0 Å². The molecule has 1 aromatic carbocycles. The zero-order chi connectivity index (χ0) is 14.4. The second-order valence-corrected chi connectivity index (χ2v) is 5.20. The third-order valence-corrected chi connectivity index (χ3v) is 3.02. The highest BCUT2D eigenvalue weighted by Crippen LogP contribution is 2.50. The van der Waals surface area contributed by atoms with Gasteiger partial charge in [0.1, 0.15) is 0 Å². The molecule has 0 heterocycles. The molecule has 0 radical (unpaired) electrons. The summed E-state index contributed by atoms with van der Waals surface area (Å²) in [5.41, 5.74) is -6.23. The van der Waals surface area contributed by atoms with Crippen LogP contribution in [0.2, 0.25) is 0 Å². The zero-order valence-corrected chi connectivity index (χ0v) is 11.4. The number of aliphatic hydroxyl groups is 1. The van der Waals surface area contributed by atoms with Crippen LogP contribution in [0.4, 0.5) is 26.3 Å². The monoisotopic (exact) mass is 400 g/mol. The summed E-state index contributed by atoms with van der Waals surface area (Å²) in [5, 5.41) is 9.11. The number of hydrogen-bond acceptors (Lipinski definition) is 1. The van der Waals surface area contributed by atoms with Crippen LogP contribution < -0.4 is 0 Å². The van der Waals surface area contributed by atoms with Crippen molar-refractivity contribution < 1.29 is 31.4 Å². The fourth-order valence-corrected chi connectivity index (χ4v) is 2.54. The molecule has 1 rings (SSSR count). The highest BCUT2D eigenvalue weighted by atomic mass is 79.9. The van der Waals surface area contributed by atoms with Gasteiger partial charge in [0.2, 0.25) is 0 Å². The van der Waals surface area contributed by atoms with E-state index >= 15 is 0 Å². The first-order valence-electron chi connectivity index (χ1n) is 4.22. The van der Waals surface area contributed by atoms with Crippen LogP contribution in [0.15, 0.2) is 27.1 Å². The largest absolute Gasteiger partial charge is 0.430 e. The Bertz CT molecular complexity index is 419. The van der Waals surface area contributed by atoms with Crippen LogP contribution in [-0.2, 0) is 5.60 Å². The fourth-order valence-electron chi connectivity index (χ4n) is 1.25. The van der Waals surface area contributed by atoms with Crippen molar-refractivity contribution in [2.75, 3.05) is 0 Å². The maximum atomic E-state index is 12.5. The van der Waals surface area contributed by atoms with Gasteiger partial charge in [0.05, 0.1) is 0 Å². The van der Waals surface area contributed by atoms with E-state index in [0.29, 0.717) is 12.1 Å². The lowest BCUT2D eigenvalue weighted by atomic mass is 9.92. The summed E-state index contributed by atoms with van der Waals surface area (Å²) < 4.78 is 75.2. The molecule has 1 N–H and O–H groups in total. The zero-order valence-electron chi connectivity index (χ0n) is 8.20. The van der Waals surface area contributed by atoms with E-state index in [1.54, 1.807) is 0 Å². The van der Waals surface area contributed by atoms with Crippen molar-refractivity contribution in [2.24, 2.45) is 0 Å². The van der Waals surface area contributed by atoms with Gasteiger partial charge in [-0.15, -0.1) is 0 Å². The molecule has 0 unspecified atom stereocenters. The third-order valence-electron chi connectivity index (χ3n) is 2.10. The molecule has 0 saturated carbocycles. The SMILES string of the molecule is OC(c1cc(Br)cc(Br)c1)(C(F)(F)F)C(F)(F)F. The van der Waals surface area contributed by atoms with Crippen molar-refractivity contribution in [3.63, 3.8) is 0 Å². The number of benzene rings is 1. The molecule has 9 heteroatoms. The predicted molar refractivity (Wildman–Crippen MR) is 57.8 cm³/mol. The summed E-state index contributed by atoms with van der Waals surface area (Å²) >= 11 is 5.53. The first kappa shape index (κ1) is 15.8. The Morgan fingerprint density at radius 2 is 1.11 bits per heavy atom. The summed E-state index contributed by atoms with van der Waals surface area (Å²) in [5.74, 6) is 0. The predicted octanol–water partition coefficient (Wildman–Crippen LogP) is 4.52. The van der Waals surface area contributed by atoms with E-state index in [2.05, 4.69) is 31.9 Å². The minimum Gasteiger partial charge on any atom is -0.369 e. The van der Waals surface area contributed by atoms with E-state index in [4.69, 9.17) is 5.11 Å². The Morgan fingerprint density at radius 3 is 1.39 bits per heavy atom. The van der Waals surface area contributed by atoms with Gasteiger partial charge in [0.15, 0.2) is 0 Å². The van der Waals surface area contributed by atoms with Crippen molar-refractivity contribution in [3.05, 3.63) is 32.7 Å². The standard InChI is InChI=1S/C9H4Br2F6O/c10-5-1-4(2-6(11)3-5)7(18,8(12,13)14)9(15,16)17/h1-3,18H. The normalized spacial score (nSPS) is 13.8. The van der Waals surface area contributed by atoms with Gasteiger partial charge in [-0.25, -0.2) is 0 Å². The highest BCUT2D eigenvalue weighted by Gasteiger charge is 2.71. The van der Waals surface area contributed by atoms with E-state index in [0.717, 1.165) is 0 Å². The number of halogens is 8. The van der Waals surface area contributed by atoms with Crippen LogP contribution in [0, 0.1) is 0 Å². The lowest BCUT2D eigenvalue weighted by molar-refractivity contribution is -0.376. The molecule has 0 aliphatic rings. The smallest absolute Gasteiger partial charge is 0.369 e. The third kappa shape index (κ3) is 2.67. The Kier molecular flexibility index (Phi) is 4.10. The fraction of sp³-hybridized carbons (Fsp3) is 0.333. The maximum absolute atomic E-state index is 12.5. The van der Waals surface area contributed by atoms with Crippen LogP contribution in [-0.4, -0.2) is 17.5 Å². The maximum Gasteiger partial charge on any atom is 0.430 e. The quantitative estimate of drug-likeness (QED) is 0.686. The molecule has 0 fully saturated rings. The van der Waals surface area contributed by atoms with Gasteiger partial charge in [-0.1, -0.05) is 31.9 Å². The second-order valence-electron chi connectivity index (χ2n) is 3.36. The van der Waals surface area contributed by atoms with Crippen molar-refractivity contribution in [2.45, 2.75) is 18.0 Å². The molecule has 102 valence electrons. The van der Waals surface area contributed by atoms with Gasteiger partial charge in [0.25, 0.3) is 5.60 Å². The van der Waals surface area contributed by atoms with Gasteiger partial charge in [-0.2, -0.15) is 26.3 Å². The summed E-state index contributed by atoms with van der Waals surface area (Å²) in [6, 6.07) is 2.37. The first-order valence-corrected chi connectivity index (χ1v) is 5.80. The Morgan fingerprint density at radius 1 is 0.778 bits per heavy atom. The minimum absolute atomic E-state index is 0.0289. The first-order chi connectivity index (χ1) is 7.89. The van der Waals surface area contributed by atoms with Crippen molar-refractivity contribution in [1.29, 1.82) is 0 Å². The Labute approximate surface area is 114 Å². The summed E-state index contributed by atoms with van der Waals surface area (Å²) in [6.45, 7) is 0. The molecule has 18 heavy (non-hydrogen) atoms. The van der Waals surface area contributed by atoms with E-state index in [1.165, 1.54) is 6.07 Å². The molecule has 0 aliphatic carbocycles. The van der Waals surface area contributed by atoms with Gasteiger partial charge < -0.3 is 5.11 Å². The molecule has 0 atom stereocenters. The number of hydrogen-bond donors (Lipinski definition) is 1. The average molecular weight is 402 g/mol. The van der Waals surface area contributed by atoms with Crippen molar-refractivity contribution in [3.8, 4) is 0 Å².